The molecule has 3 aromatic rings. The minimum Gasteiger partial charge on any atom is -0.394 e. The van der Waals surface area contributed by atoms with Crippen molar-refractivity contribution in [3.63, 3.8) is 0 Å². The van der Waals surface area contributed by atoms with Gasteiger partial charge in [0.25, 0.3) is 5.91 Å². The number of aliphatic hydroxyl groups is 1. The van der Waals surface area contributed by atoms with Crippen LogP contribution in [0, 0.1) is 12.8 Å². The topological polar surface area (TPSA) is 195 Å². The SMILES string of the molecule is Cc1nc2sccn2c1C(=O)N[C@H]1C[C@H]2C(=O)N[C@@H](CO)C(=O)N(C)CC(=O)N[C@@H](CC(C)C)C(=O)N[C@@H](Cc3ccccc3)C(=O)N2C1. The van der Waals surface area contributed by atoms with Gasteiger partial charge in [-0.1, -0.05) is 44.2 Å². The largest absolute Gasteiger partial charge is 0.394 e. The second kappa shape index (κ2) is 15.2. The number of benzene rings is 1. The molecule has 5 N–H and O–H groups in total. The number of aromatic nitrogens is 2. The summed E-state index contributed by atoms with van der Waals surface area (Å²) < 4.78 is 1.67. The zero-order valence-electron chi connectivity index (χ0n) is 27.8. The van der Waals surface area contributed by atoms with E-state index in [-0.39, 0.29) is 31.7 Å². The summed E-state index contributed by atoms with van der Waals surface area (Å²) in [4.78, 5) is 89.3. The van der Waals surface area contributed by atoms with Crippen molar-refractivity contribution < 1.29 is 33.9 Å². The van der Waals surface area contributed by atoms with Gasteiger partial charge < -0.3 is 36.2 Å². The van der Waals surface area contributed by atoms with Crippen molar-refractivity contribution in [1.29, 1.82) is 0 Å². The number of carbonyl (C=O) groups is 6. The van der Waals surface area contributed by atoms with Gasteiger partial charge in [0.1, 0.15) is 29.9 Å². The van der Waals surface area contributed by atoms with Crippen LogP contribution in [0.3, 0.4) is 0 Å². The second-order valence-electron chi connectivity index (χ2n) is 13.0. The zero-order chi connectivity index (χ0) is 35.4. The van der Waals surface area contributed by atoms with Gasteiger partial charge >= 0.3 is 0 Å². The molecule has 0 bridgehead atoms. The van der Waals surface area contributed by atoms with Gasteiger partial charge in [-0.25, -0.2) is 4.98 Å². The van der Waals surface area contributed by atoms with E-state index in [1.165, 1.54) is 23.3 Å². The predicted molar refractivity (Wildman–Crippen MR) is 179 cm³/mol. The number of rotatable bonds is 7. The third kappa shape index (κ3) is 8.08. The Morgan fingerprint density at radius 1 is 1.02 bits per heavy atom. The number of hydrogen-bond acceptors (Lipinski definition) is 9. The van der Waals surface area contributed by atoms with Crippen LogP contribution in [0.15, 0.2) is 41.9 Å². The van der Waals surface area contributed by atoms with Gasteiger partial charge in [0.05, 0.1) is 18.8 Å². The van der Waals surface area contributed by atoms with Gasteiger partial charge in [0.2, 0.25) is 29.5 Å². The van der Waals surface area contributed by atoms with E-state index in [9.17, 15) is 33.9 Å². The highest BCUT2D eigenvalue weighted by molar-refractivity contribution is 7.15. The molecule has 0 radical (unpaired) electrons. The standard InChI is InChI=1S/C33H42N8O7S/c1-18(2)12-22-28(44)37-23(13-20-8-6-5-7-9-20)32(48)41-15-21(35-30(46)27-19(3)34-33-40(27)10-11-49-33)14-25(41)29(45)38-24(17-42)31(47)39(4)16-26(43)36-22/h5-11,18,21-25,42H,12-17H2,1-4H3,(H,35,46)(H,36,43)(H,37,44)(H,38,45)/t21-,22-,23-,24-,25-/m0/s1. The molecular weight excluding hydrogens is 652 g/mol. The average molecular weight is 695 g/mol. The molecule has 262 valence electrons. The molecule has 5 rings (SSSR count). The van der Waals surface area contributed by atoms with E-state index in [4.69, 9.17) is 0 Å². The maximum atomic E-state index is 14.5. The first-order chi connectivity index (χ1) is 23.4. The fraction of sp³-hybridized carbons (Fsp3) is 0.485. The fourth-order valence-electron chi connectivity index (χ4n) is 6.33. The van der Waals surface area contributed by atoms with Gasteiger partial charge in [0, 0.05) is 37.6 Å². The lowest BCUT2D eigenvalue weighted by atomic mass is 10.0. The Hall–Kier alpha value is -4.83. The van der Waals surface area contributed by atoms with Crippen molar-refractivity contribution in [1.82, 2.24) is 40.5 Å². The van der Waals surface area contributed by atoms with Gasteiger partial charge in [-0.05, 0) is 31.2 Å². The molecule has 6 amide bonds. The smallest absolute Gasteiger partial charge is 0.270 e. The van der Waals surface area contributed by atoms with Crippen LogP contribution in [0.2, 0.25) is 0 Å². The van der Waals surface area contributed by atoms with Crippen molar-refractivity contribution in [2.24, 2.45) is 5.92 Å². The summed E-state index contributed by atoms with van der Waals surface area (Å²) in [6.07, 6.45) is 2.07. The minimum absolute atomic E-state index is 0.00184. The molecular formula is C33H42N8O7S. The Labute approximate surface area is 287 Å². The second-order valence-corrected chi connectivity index (χ2v) is 13.8. The monoisotopic (exact) mass is 694 g/mol. The van der Waals surface area contributed by atoms with Crippen molar-refractivity contribution in [3.8, 4) is 0 Å². The lowest BCUT2D eigenvalue weighted by molar-refractivity contribution is -0.143. The molecule has 2 aliphatic heterocycles. The number of carbonyl (C=O) groups excluding carboxylic acids is 6. The molecule has 0 unspecified atom stereocenters. The van der Waals surface area contributed by atoms with Gasteiger partial charge in [-0.15, -0.1) is 11.3 Å². The average Bonchev–Trinajstić information content (AvgIpc) is 3.76. The minimum atomic E-state index is -1.41. The third-order valence-corrected chi connectivity index (χ3v) is 9.44. The van der Waals surface area contributed by atoms with E-state index in [1.54, 1.807) is 29.7 Å². The number of aryl methyl sites for hydroxylation is 1. The Morgan fingerprint density at radius 2 is 1.73 bits per heavy atom. The third-order valence-electron chi connectivity index (χ3n) is 8.68. The quantitative estimate of drug-likeness (QED) is 0.221. The molecule has 0 saturated carbocycles. The van der Waals surface area contributed by atoms with Crippen LogP contribution in [0.4, 0.5) is 0 Å². The number of fused-ring (bicyclic) bond motifs is 2. The van der Waals surface area contributed by atoms with Crippen molar-refractivity contribution in [2.45, 2.75) is 70.2 Å². The van der Waals surface area contributed by atoms with Crippen LogP contribution in [-0.4, -0.2) is 117 Å². The molecule has 2 aromatic heterocycles. The molecule has 1 aromatic carbocycles. The van der Waals surface area contributed by atoms with Crippen LogP contribution < -0.4 is 21.3 Å². The van der Waals surface area contributed by atoms with Crippen LogP contribution in [-0.2, 0) is 30.4 Å². The van der Waals surface area contributed by atoms with E-state index >= 15 is 0 Å². The van der Waals surface area contributed by atoms with Crippen molar-refractivity contribution in [2.75, 3.05) is 26.7 Å². The number of likely N-dealkylation sites (N-methyl/N-ethyl adjacent to an activating group) is 1. The van der Waals surface area contributed by atoms with E-state index in [0.29, 0.717) is 16.3 Å². The predicted octanol–water partition coefficient (Wildman–Crippen LogP) is -0.389. The summed E-state index contributed by atoms with van der Waals surface area (Å²) in [6, 6.07) is 3.65. The molecule has 15 nitrogen and oxygen atoms in total. The lowest BCUT2D eigenvalue weighted by Gasteiger charge is -2.30. The maximum absolute atomic E-state index is 14.5. The van der Waals surface area contributed by atoms with Crippen LogP contribution in [0.1, 0.15) is 48.4 Å². The number of nitrogens with zero attached hydrogens (tertiary/aromatic N) is 4. The Kier molecular flexibility index (Phi) is 11.0. The highest BCUT2D eigenvalue weighted by Gasteiger charge is 2.44. The van der Waals surface area contributed by atoms with Crippen molar-refractivity contribution >= 4 is 51.7 Å². The number of thiazole rings is 1. The van der Waals surface area contributed by atoms with E-state index < -0.39 is 78.8 Å². The van der Waals surface area contributed by atoms with Gasteiger partial charge in [-0.2, -0.15) is 0 Å². The van der Waals surface area contributed by atoms with Gasteiger partial charge in [0.15, 0.2) is 4.96 Å². The summed E-state index contributed by atoms with van der Waals surface area (Å²) in [7, 11) is 1.35. The number of hydrogen-bond donors (Lipinski definition) is 5. The maximum Gasteiger partial charge on any atom is 0.270 e. The molecule has 0 aliphatic carbocycles. The number of amides is 6. The lowest BCUT2D eigenvalue weighted by Crippen LogP contribution is -2.58. The highest BCUT2D eigenvalue weighted by Crippen LogP contribution is 2.23. The number of nitrogens with one attached hydrogen (secondary N) is 4. The summed E-state index contributed by atoms with van der Waals surface area (Å²) >= 11 is 1.38. The summed E-state index contributed by atoms with van der Waals surface area (Å²) in [5.41, 5.74) is 1.60. The first-order valence-electron chi connectivity index (χ1n) is 16.2. The number of aliphatic hydroxyl groups excluding tert-OH is 1. The van der Waals surface area contributed by atoms with Crippen LogP contribution in [0.5, 0.6) is 0 Å². The zero-order valence-corrected chi connectivity index (χ0v) is 28.7. The molecule has 5 atom stereocenters. The summed E-state index contributed by atoms with van der Waals surface area (Å²) in [5.74, 6) is -3.69. The Balaban J connectivity index is 1.50. The number of imidazole rings is 1. The first-order valence-corrected chi connectivity index (χ1v) is 17.1. The Bertz CT molecular complexity index is 1720. The first kappa shape index (κ1) is 35.5. The van der Waals surface area contributed by atoms with Gasteiger partial charge in [-0.3, -0.25) is 33.2 Å². The van der Waals surface area contributed by atoms with E-state index in [0.717, 1.165) is 10.5 Å². The molecule has 49 heavy (non-hydrogen) atoms. The molecule has 0 spiro atoms. The molecule has 16 heteroatoms. The molecule has 2 saturated heterocycles. The van der Waals surface area contributed by atoms with E-state index in [2.05, 4.69) is 26.3 Å². The highest BCUT2D eigenvalue weighted by atomic mass is 32.1. The molecule has 2 aliphatic rings. The van der Waals surface area contributed by atoms with Crippen LogP contribution >= 0.6 is 11.3 Å². The molecule has 4 heterocycles. The normalized spacial score (nSPS) is 24.3. The fourth-order valence-corrected chi connectivity index (χ4v) is 7.09. The Morgan fingerprint density at radius 3 is 2.43 bits per heavy atom. The van der Waals surface area contributed by atoms with Crippen LogP contribution in [0.25, 0.3) is 4.96 Å². The van der Waals surface area contributed by atoms with Crippen molar-refractivity contribution in [3.05, 3.63) is 58.9 Å². The summed E-state index contributed by atoms with van der Waals surface area (Å²) in [5, 5.41) is 22.9. The summed E-state index contributed by atoms with van der Waals surface area (Å²) in [6.45, 7) is 4.23. The van der Waals surface area contributed by atoms with E-state index in [1.807, 2.05) is 37.4 Å². The molecule has 2 fully saturated rings.